The summed E-state index contributed by atoms with van der Waals surface area (Å²) in [5, 5.41) is 22.6. The third kappa shape index (κ3) is 10.7. The van der Waals surface area contributed by atoms with Crippen molar-refractivity contribution >= 4 is 32.7 Å². The molecule has 3 aromatic rings. The summed E-state index contributed by atoms with van der Waals surface area (Å²) in [6.07, 6.45) is 2.94. The molecular weight excluding hydrogens is 552 g/mol. The van der Waals surface area contributed by atoms with Gasteiger partial charge in [0.25, 0.3) is 0 Å². The lowest BCUT2D eigenvalue weighted by Gasteiger charge is -2.30. The fourth-order valence-corrected chi connectivity index (χ4v) is 4.58. The van der Waals surface area contributed by atoms with Gasteiger partial charge < -0.3 is 19.2 Å². The molecule has 0 saturated carbocycles. The molecule has 0 aliphatic rings. The summed E-state index contributed by atoms with van der Waals surface area (Å²) < 4.78 is 72.0. The molecule has 2 N–H and O–H groups in total. The number of hydrogen-bond donors (Lipinski definition) is 2. The van der Waals surface area contributed by atoms with Crippen molar-refractivity contribution in [3.63, 3.8) is 0 Å². The maximum Gasteiger partial charge on any atom is 0.328 e. The van der Waals surface area contributed by atoms with Crippen molar-refractivity contribution in [3.05, 3.63) is 82.1 Å². The Hall–Kier alpha value is -3.46. The summed E-state index contributed by atoms with van der Waals surface area (Å²) in [4.78, 5) is 0. The van der Waals surface area contributed by atoms with Gasteiger partial charge in [0.15, 0.2) is 23.6 Å². The van der Waals surface area contributed by atoms with E-state index in [4.69, 9.17) is 17.9 Å². The highest BCUT2D eigenvalue weighted by molar-refractivity contribution is 7.85. The van der Waals surface area contributed by atoms with Crippen molar-refractivity contribution in [1.29, 1.82) is 0 Å². The highest BCUT2D eigenvalue weighted by atomic mass is 32.2. The van der Waals surface area contributed by atoms with Crippen LogP contribution in [0, 0.1) is 15.8 Å². The van der Waals surface area contributed by atoms with Crippen LogP contribution in [0.4, 0.5) is 0 Å². The molecule has 0 radical (unpaired) electrons. The van der Waals surface area contributed by atoms with Gasteiger partial charge in [-0.15, -0.1) is 0 Å². The molecule has 0 spiro atoms. The first-order valence-electron chi connectivity index (χ1n) is 11.5. The van der Waals surface area contributed by atoms with E-state index in [1.165, 1.54) is 18.3 Å². The largest absolute Gasteiger partial charge is 0.623 e. The smallest absolute Gasteiger partial charge is 0.328 e. The lowest BCUT2D eigenvalue weighted by atomic mass is 9.82. The minimum Gasteiger partial charge on any atom is -0.623 e. The maximum absolute atomic E-state index is 12.2. The van der Waals surface area contributed by atoms with Crippen LogP contribution in [0.5, 0.6) is 0 Å². The first-order chi connectivity index (χ1) is 17.8. The lowest BCUT2D eigenvalue weighted by molar-refractivity contribution is -0.540. The zero-order chi connectivity index (χ0) is 29.6. The Morgan fingerprint density at radius 3 is 1.64 bits per heavy atom. The van der Waals surface area contributed by atoms with Crippen LogP contribution >= 0.6 is 0 Å². The van der Waals surface area contributed by atoms with Gasteiger partial charge in [-0.2, -0.15) is 16.8 Å². The Kier molecular flexibility index (Phi) is 9.90. The SMILES string of the molecule is CC(C)(C)CC(C)(C)[N+]([O-])=Cc1ccc(S(=O)(=O)O)o1.O=S(=O)(O)c1ccc(C=[N+]([O-])Cc2ccccc2)o1. The quantitative estimate of drug-likeness (QED) is 0.127. The van der Waals surface area contributed by atoms with Gasteiger partial charge >= 0.3 is 20.2 Å². The van der Waals surface area contributed by atoms with E-state index in [1.54, 1.807) is 26.0 Å². The highest BCUT2D eigenvalue weighted by Crippen LogP contribution is 2.29. The second kappa shape index (κ2) is 12.2. The number of rotatable bonds is 8. The van der Waals surface area contributed by atoms with Gasteiger partial charge in [-0.3, -0.25) is 9.11 Å². The van der Waals surface area contributed by atoms with Crippen LogP contribution in [-0.4, -0.2) is 53.4 Å². The van der Waals surface area contributed by atoms with Gasteiger partial charge in [0.1, 0.15) is 0 Å². The molecule has 0 unspecified atom stereocenters. The van der Waals surface area contributed by atoms with Crippen molar-refractivity contribution in [2.75, 3.05) is 0 Å². The number of furan rings is 2. The van der Waals surface area contributed by atoms with Gasteiger partial charge in [-0.05, 0) is 29.7 Å². The van der Waals surface area contributed by atoms with E-state index in [-0.39, 0.29) is 23.5 Å². The Morgan fingerprint density at radius 2 is 1.23 bits per heavy atom. The summed E-state index contributed by atoms with van der Waals surface area (Å²) in [5.74, 6) is 0.133. The summed E-state index contributed by atoms with van der Waals surface area (Å²) in [6.45, 7) is 9.81. The molecule has 14 heteroatoms. The second-order valence-electron chi connectivity index (χ2n) is 10.5. The Morgan fingerprint density at radius 1 is 0.769 bits per heavy atom. The van der Waals surface area contributed by atoms with Crippen molar-refractivity contribution in [2.45, 2.75) is 63.3 Å². The minimum atomic E-state index is -4.39. The lowest BCUT2D eigenvalue weighted by Crippen LogP contribution is -2.37. The monoisotopic (exact) mass is 584 g/mol. The van der Waals surface area contributed by atoms with Crippen LogP contribution in [-0.2, 0) is 26.8 Å². The zero-order valence-corrected chi connectivity index (χ0v) is 23.8. The van der Waals surface area contributed by atoms with Crippen LogP contribution in [0.1, 0.15) is 58.1 Å². The number of nitrogens with zero attached hydrogens (tertiary/aromatic N) is 2. The Bertz CT molecular complexity index is 1530. The molecule has 0 bridgehead atoms. The second-order valence-corrected chi connectivity index (χ2v) is 13.2. The van der Waals surface area contributed by atoms with E-state index in [0.717, 1.165) is 28.6 Å². The molecule has 3 rings (SSSR count). The number of hydroxylamine groups is 2. The van der Waals surface area contributed by atoms with Crippen LogP contribution in [0.2, 0.25) is 0 Å². The normalized spacial score (nSPS) is 13.6. The van der Waals surface area contributed by atoms with E-state index < -0.39 is 36.0 Å². The molecule has 0 saturated heterocycles. The van der Waals surface area contributed by atoms with Crippen molar-refractivity contribution in [3.8, 4) is 0 Å². The van der Waals surface area contributed by atoms with Crippen LogP contribution in [0.25, 0.3) is 0 Å². The zero-order valence-electron chi connectivity index (χ0n) is 22.1. The molecule has 0 fully saturated rings. The molecule has 214 valence electrons. The molecule has 12 nitrogen and oxygen atoms in total. The van der Waals surface area contributed by atoms with Gasteiger partial charge in [0.2, 0.25) is 22.6 Å². The fraction of sp³-hybridized carbons (Fsp3) is 0.360. The van der Waals surface area contributed by atoms with E-state index in [2.05, 4.69) is 0 Å². The molecule has 1 aromatic carbocycles. The first-order valence-corrected chi connectivity index (χ1v) is 14.4. The van der Waals surface area contributed by atoms with Gasteiger partial charge in [0, 0.05) is 25.8 Å². The van der Waals surface area contributed by atoms with Gasteiger partial charge in [-0.1, -0.05) is 51.1 Å². The molecule has 39 heavy (non-hydrogen) atoms. The Labute approximate surface area is 227 Å². The van der Waals surface area contributed by atoms with Crippen LogP contribution in [0.15, 0.2) is 73.6 Å². The molecule has 0 aliphatic carbocycles. The average molecular weight is 585 g/mol. The third-order valence-corrected chi connectivity index (χ3v) is 6.43. The molecule has 0 amide bonds. The molecule has 0 atom stereocenters. The predicted molar refractivity (Wildman–Crippen MR) is 143 cm³/mol. The van der Waals surface area contributed by atoms with Crippen molar-refractivity contribution < 1.29 is 44.3 Å². The summed E-state index contributed by atoms with van der Waals surface area (Å²) >= 11 is 0. The van der Waals surface area contributed by atoms with Crippen LogP contribution < -0.4 is 0 Å². The van der Waals surface area contributed by atoms with E-state index >= 15 is 0 Å². The standard InChI is InChI=1S/C13H21NO5S.C12H11NO5S/c1-12(2,3)9-13(4,5)14(15)8-10-6-7-11(19-10)20(16,17)18;14-13(8-10-4-2-1-3-5-10)9-11-6-7-12(18-11)19(15,16)17/h6-8H,9H2,1-5H3,(H,16,17,18);1-7,9H,8H2,(H,15,16,17). The first kappa shape index (κ1) is 31.8. The topological polar surface area (TPSA) is 187 Å². The van der Waals surface area contributed by atoms with E-state index in [0.29, 0.717) is 11.2 Å². The predicted octanol–water partition coefficient (Wildman–Crippen LogP) is 4.33. The molecule has 2 aromatic heterocycles. The summed E-state index contributed by atoms with van der Waals surface area (Å²) in [7, 11) is -8.77. The Balaban J connectivity index is 0.000000274. The van der Waals surface area contributed by atoms with Crippen molar-refractivity contribution in [1.82, 2.24) is 0 Å². The van der Waals surface area contributed by atoms with E-state index in [9.17, 15) is 27.3 Å². The third-order valence-electron chi connectivity index (χ3n) is 4.97. The average Bonchev–Trinajstić information content (AvgIpc) is 3.43. The van der Waals surface area contributed by atoms with Gasteiger partial charge in [-0.25, -0.2) is 9.48 Å². The highest BCUT2D eigenvalue weighted by Gasteiger charge is 2.32. The fourth-order valence-electron chi connectivity index (χ4n) is 3.70. The summed E-state index contributed by atoms with van der Waals surface area (Å²) in [5.41, 5.74) is 0.127. The van der Waals surface area contributed by atoms with E-state index in [1.807, 2.05) is 39.0 Å². The number of benzene rings is 1. The van der Waals surface area contributed by atoms with Crippen molar-refractivity contribution in [2.24, 2.45) is 5.41 Å². The number of hydrogen-bond acceptors (Lipinski definition) is 8. The van der Waals surface area contributed by atoms with Gasteiger partial charge in [0.05, 0.1) is 0 Å². The van der Waals surface area contributed by atoms with Crippen LogP contribution in [0.3, 0.4) is 0 Å². The minimum absolute atomic E-state index is 0.0250. The maximum atomic E-state index is 12.2. The molecule has 2 heterocycles. The summed E-state index contributed by atoms with van der Waals surface area (Å²) in [6, 6.07) is 13.9. The molecule has 0 aliphatic heterocycles. The molecular formula is C25H32N2O10S2.